The van der Waals surface area contributed by atoms with E-state index in [9.17, 15) is 9.59 Å². The van der Waals surface area contributed by atoms with Gasteiger partial charge in [0, 0.05) is 12.1 Å². The summed E-state index contributed by atoms with van der Waals surface area (Å²) in [4.78, 5) is 24.0. The van der Waals surface area contributed by atoms with Gasteiger partial charge in [0.15, 0.2) is 11.0 Å². The van der Waals surface area contributed by atoms with Crippen molar-refractivity contribution >= 4 is 29.3 Å². The summed E-state index contributed by atoms with van der Waals surface area (Å²) in [5, 5.41) is 11.9. The van der Waals surface area contributed by atoms with Crippen molar-refractivity contribution in [2.75, 3.05) is 11.1 Å². The van der Waals surface area contributed by atoms with E-state index >= 15 is 0 Å². The number of carbonyl (C=O) groups excluding carboxylic acids is 2. The standard InChI is InChI=1S/C23H25N5O2S/c1-4-13-28-22(17-11-9-16(10-12-17)15(2)3)26-27-23(28)31-14-20(29)25-19-8-6-5-7-18(19)21(24)30/h4-12,15H,1,13-14H2,2-3H3,(H2,24,30)(H,25,29). The van der Waals surface area contributed by atoms with E-state index in [1.807, 2.05) is 16.7 Å². The molecule has 3 rings (SSSR count). The number of anilines is 1. The van der Waals surface area contributed by atoms with Crippen LogP contribution in [0.2, 0.25) is 0 Å². The summed E-state index contributed by atoms with van der Waals surface area (Å²) in [6.07, 6.45) is 1.77. The number of nitrogens with two attached hydrogens (primary N) is 1. The smallest absolute Gasteiger partial charge is 0.250 e. The topological polar surface area (TPSA) is 103 Å². The number of aromatic nitrogens is 3. The van der Waals surface area contributed by atoms with Gasteiger partial charge in [0.05, 0.1) is 17.0 Å². The molecule has 8 heteroatoms. The number of benzene rings is 2. The first-order chi connectivity index (χ1) is 14.9. The lowest BCUT2D eigenvalue weighted by atomic mass is 10.0. The van der Waals surface area contributed by atoms with Crippen molar-refractivity contribution in [3.05, 3.63) is 72.3 Å². The average molecular weight is 436 g/mol. The van der Waals surface area contributed by atoms with Gasteiger partial charge in [0.1, 0.15) is 0 Å². The van der Waals surface area contributed by atoms with E-state index in [0.717, 1.165) is 11.4 Å². The molecule has 0 aliphatic heterocycles. The number of thioether (sulfide) groups is 1. The number of rotatable bonds is 9. The molecule has 160 valence electrons. The molecule has 0 aliphatic rings. The number of nitrogens with one attached hydrogen (secondary N) is 1. The number of para-hydroxylation sites is 1. The Kier molecular flexibility index (Phi) is 7.25. The number of hydrogen-bond acceptors (Lipinski definition) is 5. The normalized spacial score (nSPS) is 10.8. The van der Waals surface area contributed by atoms with Crippen molar-refractivity contribution in [2.45, 2.75) is 31.5 Å². The third kappa shape index (κ3) is 5.40. The van der Waals surface area contributed by atoms with Gasteiger partial charge in [0.2, 0.25) is 5.91 Å². The van der Waals surface area contributed by atoms with Crippen molar-refractivity contribution in [1.29, 1.82) is 0 Å². The predicted molar refractivity (Wildman–Crippen MR) is 124 cm³/mol. The molecule has 0 fully saturated rings. The highest BCUT2D eigenvalue weighted by molar-refractivity contribution is 7.99. The molecular formula is C23H25N5O2S. The van der Waals surface area contributed by atoms with Crippen LogP contribution >= 0.6 is 11.8 Å². The van der Waals surface area contributed by atoms with Crippen molar-refractivity contribution in [3.63, 3.8) is 0 Å². The molecule has 0 unspecified atom stereocenters. The molecule has 3 aromatic rings. The molecule has 0 radical (unpaired) electrons. The SMILES string of the molecule is C=CCn1c(SCC(=O)Nc2ccccc2C(N)=O)nnc1-c1ccc(C(C)C)cc1. The Morgan fingerprint density at radius 2 is 1.87 bits per heavy atom. The van der Waals surface area contributed by atoms with Crippen LogP contribution in [-0.2, 0) is 11.3 Å². The Labute approximate surface area is 185 Å². The third-order valence-electron chi connectivity index (χ3n) is 4.66. The summed E-state index contributed by atoms with van der Waals surface area (Å²) < 4.78 is 1.92. The number of allylic oxidation sites excluding steroid dienone is 1. The van der Waals surface area contributed by atoms with E-state index in [0.29, 0.717) is 23.3 Å². The highest BCUT2D eigenvalue weighted by atomic mass is 32.2. The van der Waals surface area contributed by atoms with E-state index < -0.39 is 5.91 Å². The van der Waals surface area contributed by atoms with Gasteiger partial charge in [-0.1, -0.05) is 68.1 Å². The van der Waals surface area contributed by atoms with Crippen LogP contribution in [0.25, 0.3) is 11.4 Å². The third-order valence-corrected chi connectivity index (χ3v) is 5.63. The van der Waals surface area contributed by atoms with E-state index in [4.69, 9.17) is 5.73 Å². The predicted octanol–water partition coefficient (Wildman–Crippen LogP) is 4.08. The van der Waals surface area contributed by atoms with Crippen LogP contribution in [-0.4, -0.2) is 32.3 Å². The fraction of sp³-hybridized carbons (Fsp3) is 0.217. The highest BCUT2D eigenvalue weighted by Crippen LogP contribution is 2.26. The van der Waals surface area contributed by atoms with Gasteiger partial charge in [-0.3, -0.25) is 14.2 Å². The van der Waals surface area contributed by atoms with E-state index in [-0.39, 0.29) is 17.2 Å². The zero-order valence-electron chi connectivity index (χ0n) is 17.5. The number of carbonyl (C=O) groups is 2. The van der Waals surface area contributed by atoms with Crippen LogP contribution in [0.15, 0.2) is 66.3 Å². The fourth-order valence-corrected chi connectivity index (χ4v) is 3.79. The maximum absolute atomic E-state index is 12.4. The van der Waals surface area contributed by atoms with Gasteiger partial charge in [-0.15, -0.1) is 16.8 Å². The second-order valence-corrected chi connectivity index (χ2v) is 8.17. The van der Waals surface area contributed by atoms with Gasteiger partial charge < -0.3 is 11.1 Å². The molecule has 0 saturated heterocycles. The Bertz CT molecular complexity index is 1090. The molecule has 0 atom stereocenters. The monoisotopic (exact) mass is 435 g/mol. The van der Waals surface area contributed by atoms with E-state index in [1.54, 1.807) is 30.3 Å². The Morgan fingerprint density at radius 3 is 2.52 bits per heavy atom. The molecule has 2 amide bonds. The molecule has 31 heavy (non-hydrogen) atoms. The highest BCUT2D eigenvalue weighted by Gasteiger charge is 2.16. The second-order valence-electron chi connectivity index (χ2n) is 7.23. The largest absolute Gasteiger partial charge is 0.366 e. The van der Waals surface area contributed by atoms with Gasteiger partial charge in [-0.25, -0.2) is 0 Å². The molecule has 0 spiro atoms. The first kappa shape index (κ1) is 22.3. The van der Waals surface area contributed by atoms with Gasteiger partial charge in [-0.05, 0) is 23.6 Å². The second kappa shape index (κ2) is 10.1. The average Bonchev–Trinajstić information content (AvgIpc) is 3.15. The zero-order chi connectivity index (χ0) is 22.4. The van der Waals surface area contributed by atoms with Crippen LogP contribution in [0.3, 0.4) is 0 Å². The maximum atomic E-state index is 12.4. The van der Waals surface area contributed by atoms with Crippen LogP contribution < -0.4 is 11.1 Å². The Morgan fingerprint density at radius 1 is 1.16 bits per heavy atom. The Balaban J connectivity index is 1.74. The summed E-state index contributed by atoms with van der Waals surface area (Å²) in [5.41, 5.74) is 8.22. The number of nitrogens with zero attached hydrogens (tertiary/aromatic N) is 3. The maximum Gasteiger partial charge on any atom is 0.250 e. The van der Waals surface area contributed by atoms with Crippen molar-refractivity contribution in [2.24, 2.45) is 5.73 Å². The lowest BCUT2D eigenvalue weighted by molar-refractivity contribution is -0.113. The number of primary amides is 1. The molecule has 7 nitrogen and oxygen atoms in total. The molecule has 3 N–H and O–H groups in total. The first-order valence-corrected chi connectivity index (χ1v) is 10.8. The van der Waals surface area contributed by atoms with Crippen LogP contribution in [0, 0.1) is 0 Å². The lowest BCUT2D eigenvalue weighted by Crippen LogP contribution is -2.19. The van der Waals surface area contributed by atoms with Gasteiger partial charge >= 0.3 is 0 Å². The number of hydrogen-bond donors (Lipinski definition) is 2. The van der Waals surface area contributed by atoms with Crippen LogP contribution in [0.5, 0.6) is 0 Å². The minimum atomic E-state index is -0.595. The van der Waals surface area contributed by atoms with Gasteiger partial charge in [0.25, 0.3) is 5.91 Å². The van der Waals surface area contributed by atoms with E-state index in [2.05, 4.69) is 48.1 Å². The number of amides is 2. The molecule has 1 heterocycles. The zero-order valence-corrected chi connectivity index (χ0v) is 18.4. The molecule has 2 aromatic carbocycles. The first-order valence-electron chi connectivity index (χ1n) is 9.86. The molecule has 0 bridgehead atoms. The fourth-order valence-electron chi connectivity index (χ4n) is 3.04. The van der Waals surface area contributed by atoms with Crippen LogP contribution in [0.1, 0.15) is 35.7 Å². The summed E-state index contributed by atoms with van der Waals surface area (Å²) in [6, 6.07) is 14.9. The summed E-state index contributed by atoms with van der Waals surface area (Å²) >= 11 is 1.27. The van der Waals surface area contributed by atoms with Gasteiger partial charge in [-0.2, -0.15) is 0 Å². The van der Waals surface area contributed by atoms with Crippen LogP contribution in [0.4, 0.5) is 5.69 Å². The van der Waals surface area contributed by atoms with E-state index in [1.165, 1.54) is 17.3 Å². The minimum absolute atomic E-state index is 0.106. The van der Waals surface area contributed by atoms with Crippen molar-refractivity contribution in [1.82, 2.24) is 14.8 Å². The van der Waals surface area contributed by atoms with Crippen molar-refractivity contribution in [3.8, 4) is 11.4 Å². The molecule has 1 aromatic heterocycles. The molecular weight excluding hydrogens is 410 g/mol. The molecule has 0 saturated carbocycles. The summed E-state index contributed by atoms with van der Waals surface area (Å²) in [5.74, 6) is 0.410. The summed E-state index contributed by atoms with van der Waals surface area (Å²) in [6.45, 7) is 8.63. The molecule has 0 aliphatic carbocycles. The van der Waals surface area contributed by atoms with Crippen molar-refractivity contribution < 1.29 is 9.59 Å². The Hall–Kier alpha value is -3.39. The quantitative estimate of drug-likeness (QED) is 0.389. The minimum Gasteiger partial charge on any atom is -0.366 e. The summed E-state index contributed by atoms with van der Waals surface area (Å²) in [7, 11) is 0. The lowest BCUT2D eigenvalue weighted by Gasteiger charge is -2.10.